The number of alkyl halides is 3. The SMILES string of the molecule is Cc1ccc(S(=O)(=O)N2CC(C(F)(F)F)Oc3c(C)cccc32)cc1. The largest absolute Gasteiger partial charge is 0.477 e. The molecule has 8 heteroatoms. The molecule has 0 fully saturated rings. The number of sulfonamides is 1. The van der Waals surface area contributed by atoms with E-state index < -0.39 is 28.8 Å². The molecule has 0 N–H and O–H groups in total. The lowest BCUT2D eigenvalue weighted by molar-refractivity contribution is -0.192. The standard InChI is InChI=1S/C17H16F3NO3S/c1-11-6-8-13(9-7-11)25(22,23)21-10-15(17(18,19)20)24-16-12(2)4-3-5-14(16)21/h3-9,15H,10H2,1-2H3. The summed E-state index contributed by atoms with van der Waals surface area (Å²) in [5, 5.41) is 0. The summed E-state index contributed by atoms with van der Waals surface area (Å²) in [5.41, 5.74) is 1.40. The van der Waals surface area contributed by atoms with E-state index in [0.29, 0.717) is 5.56 Å². The first-order chi connectivity index (χ1) is 11.6. The highest BCUT2D eigenvalue weighted by Gasteiger charge is 2.48. The van der Waals surface area contributed by atoms with E-state index in [1.807, 2.05) is 0 Å². The maximum atomic E-state index is 13.2. The van der Waals surface area contributed by atoms with Gasteiger partial charge in [-0.05, 0) is 37.6 Å². The third kappa shape index (κ3) is 3.18. The summed E-state index contributed by atoms with van der Waals surface area (Å²) in [7, 11) is -4.15. The normalized spacial score (nSPS) is 17.8. The zero-order chi connectivity index (χ0) is 18.4. The monoisotopic (exact) mass is 371 g/mol. The predicted octanol–water partition coefficient (Wildman–Crippen LogP) is 3.82. The molecule has 2 aromatic carbocycles. The molecule has 0 spiro atoms. The van der Waals surface area contributed by atoms with Crippen LogP contribution in [0.1, 0.15) is 11.1 Å². The molecule has 3 rings (SSSR count). The van der Waals surface area contributed by atoms with Crippen LogP contribution in [0.15, 0.2) is 47.4 Å². The molecular weight excluding hydrogens is 355 g/mol. The summed E-state index contributed by atoms with van der Waals surface area (Å²) >= 11 is 0. The van der Waals surface area contributed by atoms with Crippen LogP contribution < -0.4 is 9.04 Å². The quantitative estimate of drug-likeness (QED) is 0.806. The fourth-order valence-corrected chi connectivity index (χ4v) is 4.12. The summed E-state index contributed by atoms with van der Waals surface area (Å²) in [6.45, 7) is 2.55. The molecule has 1 atom stereocenters. The lowest BCUT2D eigenvalue weighted by atomic mass is 10.1. The molecule has 0 amide bonds. The molecule has 1 aliphatic heterocycles. The highest BCUT2D eigenvalue weighted by molar-refractivity contribution is 7.92. The Morgan fingerprint density at radius 2 is 1.72 bits per heavy atom. The van der Waals surface area contributed by atoms with Gasteiger partial charge in [0.1, 0.15) is 5.75 Å². The highest BCUT2D eigenvalue weighted by atomic mass is 32.2. The summed E-state index contributed by atoms with van der Waals surface area (Å²) in [6.07, 6.45) is -6.90. The predicted molar refractivity (Wildman–Crippen MR) is 87.4 cm³/mol. The Hall–Kier alpha value is -2.22. The number of benzene rings is 2. The topological polar surface area (TPSA) is 46.6 Å². The molecule has 0 radical (unpaired) electrons. The van der Waals surface area contributed by atoms with Gasteiger partial charge in [0.15, 0.2) is 0 Å². The van der Waals surface area contributed by atoms with Gasteiger partial charge in [0.25, 0.3) is 10.0 Å². The molecule has 25 heavy (non-hydrogen) atoms. The van der Waals surface area contributed by atoms with Crippen molar-refractivity contribution in [2.75, 3.05) is 10.8 Å². The molecule has 0 bridgehead atoms. The number of halogens is 3. The van der Waals surface area contributed by atoms with Crippen molar-refractivity contribution in [2.45, 2.75) is 31.0 Å². The molecule has 2 aromatic rings. The first-order valence-corrected chi connectivity index (χ1v) is 8.97. The van der Waals surface area contributed by atoms with Crippen molar-refractivity contribution in [1.82, 2.24) is 0 Å². The Bertz CT molecular complexity index is 892. The summed E-state index contributed by atoms with van der Waals surface area (Å²) in [4.78, 5) is -0.0617. The minimum absolute atomic E-state index is 0.0617. The van der Waals surface area contributed by atoms with E-state index in [4.69, 9.17) is 4.74 Å². The second kappa shape index (κ2) is 5.94. The second-order valence-electron chi connectivity index (χ2n) is 5.92. The van der Waals surface area contributed by atoms with E-state index in [1.54, 1.807) is 38.1 Å². The Morgan fingerprint density at radius 3 is 2.32 bits per heavy atom. The Labute approximate surface area is 143 Å². The molecule has 0 aromatic heterocycles. The Kier molecular flexibility index (Phi) is 4.18. The zero-order valence-corrected chi connectivity index (χ0v) is 14.4. The third-order valence-corrected chi connectivity index (χ3v) is 5.82. The molecule has 4 nitrogen and oxygen atoms in total. The fourth-order valence-electron chi connectivity index (χ4n) is 2.65. The van der Waals surface area contributed by atoms with E-state index in [0.717, 1.165) is 9.87 Å². The van der Waals surface area contributed by atoms with Crippen molar-refractivity contribution >= 4 is 15.7 Å². The number of nitrogens with zero attached hydrogens (tertiary/aromatic N) is 1. The number of ether oxygens (including phenoxy) is 1. The van der Waals surface area contributed by atoms with Gasteiger partial charge in [-0.25, -0.2) is 8.42 Å². The van der Waals surface area contributed by atoms with Gasteiger partial charge in [-0.2, -0.15) is 13.2 Å². The molecule has 134 valence electrons. The first-order valence-electron chi connectivity index (χ1n) is 7.53. The molecule has 0 aliphatic carbocycles. The van der Waals surface area contributed by atoms with Crippen LogP contribution in [0.4, 0.5) is 18.9 Å². The van der Waals surface area contributed by atoms with Gasteiger partial charge in [-0.1, -0.05) is 29.8 Å². The second-order valence-corrected chi connectivity index (χ2v) is 7.78. The number of hydrogen-bond donors (Lipinski definition) is 0. The first kappa shape index (κ1) is 17.6. The van der Waals surface area contributed by atoms with Crippen LogP contribution in [-0.2, 0) is 10.0 Å². The van der Waals surface area contributed by atoms with Crippen LogP contribution in [0.2, 0.25) is 0 Å². The van der Waals surface area contributed by atoms with Crippen LogP contribution >= 0.6 is 0 Å². The third-order valence-electron chi connectivity index (χ3n) is 4.03. The number of para-hydroxylation sites is 1. The van der Waals surface area contributed by atoms with Gasteiger partial charge in [-0.15, -0.1) is 0 Å². The number of anilines is 1. The van der Waals surface area contributed by atoms with Crippen LogP contribution in [0.3, 0.4) is 0 Å². The summed E-state index contributed by atoms with van der Waals surface area (Å²) in [5.74, 6) is -0.0632. The highest BCUT2D eigenvalue weighted by Crippen LogP contribution is 2.42. The van der Waals surface area contributed by atoms with Gasteiger partial charge >= 0.3 is 6.18 Å². The number of hydrogen-bond acceptors (Lipinski definition) is 3. The van der Waals surface area contributed by atoms with E-state index in [1.165, 1.54) is 18.2 Å². The van der Waals surface area contributed by atoms with Crippen molar-refractivity contribution in [1.29, 1.82) is 0 Å². The van der Waals surface area contributed by atoms with E-state index >= 15 is 0 Å². The molecule has 1 unspecified atom stereocenters. The molecule has 1 aliphatic rings. The smallest absolute Gasteiger partial charge is 0.427 e. The fraction of sp³-hybridized carbons (Fsp3) is 0.294. The molecule has 0 saturated carbocycles. The maximum Gasteiger partial charge on any atom is 0.427 e. The van der Waals surface area contributed by atoms with E-state index in [2.05, 4.69) is 0 Å². The lowest BCUT2D eigenvalue weighted by Gasteiger charge is -2.36. The van der Waals surface area contributed by atoms with E-state index in [-0.39, 0.29) is 16.3 Å². The van der Waals surface area contributed by atoms with Crippen molar-refractivity contribution in [2.24, 2.45) is 0 Å². The maximum absolute atomic E-state index is 13.2. The van der Waals surface area contributed by atoms with Crippen LogP contribution in [0.25, 0.3) is 0 Å². The summed E-state index contributed by atoms with van der Waals surface area (Å²) < 4.78 is 71.5. The lowest BCUT2D eigenvalue weighted by Crippen LogP contribution is -2.50. The minimum atomic E-state index is -4.68. The van der Waals surface area contributed by atoms with Gasteiger partial charge in [0.2, 0.25) is 6.10 Å². The zero-order valence-electron chi connectivity index (χ0n) is 13.5. The average molecular weight is 371 g/mol. The minimum Gasteiger partial charge on any atom is -0.477 e. The molecule has 0 saturated heterocycles. The van der Waals surface area contributed by atoms with Gasteiger partial charge in [0, 0.05) is 0 Å². The van der Waals surface area contributed by atoms with Gasteiger partial charge < -0.3 is 4.74 Å². The van der Waals surface area contributed by atoms with Crippen LogP contribution in [0, 0.1) is 13.8 Å². The summed E-state index contributed by atoms with van der Waals surface area (Å²) in [6, 6.07) is 10.6. The van der Waals surface area contributed by atoms with Gasteiger partial charge in [-0.3, -0.25) is 4.31 Å². The Morgan fingerprint density at radius 1 is 1.08 bits per heavy atom. The van der Waals surface area contributed by atoms with Crippen molar-refractivity contribution in [3.63, 3.8) is 0 Å². The van der Waals surface area contributed by atoms with Crippen LogP contribution in [-0.4, -0.2) is 27.2 Å². The van der Waals surface area contributed by atoms with Crippen molar-refractivity contribution in [3.05, 3.63) is 53.6 Å². The number of fused-ring (bicyclic) bond motifs is 1. The molecular formula is C17H16F3NO3S. The number of rotatable bonds is 2. The average Bonchev–Trinajstić information content (AvgIpc) is 2.54. The Balaban J connectivity index is 2.14. The van der Waals surface area contributed by atoms with Crippen molar-refractivity contribution in [3.8, 4) is 5.75 Å². The van der Waals surface area contributed by atoms with E-state index in [9.17, 15) is 21.6 Å². The van der Waals surface area contributed by atoms with Crippen molar-refractivity contribution < 1.29 is 26.3 Å². The van der Waals surface area contributed by atoms with Crippen LogP contribution in [0.5, 0.6) is 5.75 Å². The van der Waals surface area contributed by atoms with Gasteiger partial charge in [0.05, 0.1) is 17.1 Å². The molecule has 1 heterocycles. The number of aryl methyl sites for hydroxylation is 2.